The molecule has 0 fully saturated rings. The van der Waals surface area contributed by atoms with Crippen LogP contribution in [0.5, 0.6) is 11.5 Å². The number of carbonyl (C=O) groups excluding carboxylic acids is 1. The van der Waals surface area contributed by atoms with Crippen molar-refractivity contribution in [3.05, 3.63) is 58.3 Å². The lowest BCUT2D eigenvalue weighted by atomic mass is 10.1. The van der Waals surface area contributed by atoms with Crippen LogP contribution in [-0.4, -0.2) is 23.0 Å². The number of halogens is 1. The molecule has 20 heavy (non-hydrogen) atoms. The van der Waals surface area contributed by atoms with Crippen LogP contribution in [0.15, 0.2) is 47.1 Å². The first-order chi connectivity index (χ1) is 9.60. The van der Waals surface area contributed by atoms with Gasteiger partial charge in [-0.05, 0) is 23.8 Å². The topological polar surface area (TPSA) is 59.4 Å². The molecule has 0 saturated carbocycles. The number of ketones is 1. The average molecular weight is 334 g/mol. The number of aromatic nitrogens is 1. The van der Waals surface area contributed by atoms with Crippen molar-refractivity contribution < 1.29 is 14.6 Å². The van der Waals surface area contributed by atoms with Gasteiger partial charge in [-0.3, -0.25) is 4.79 Å². The first kappa shape index (κ1) is 14.3. The lowest BCUT2D eigenvalue weighted by Crippen LogP contribution is -1.99. The van der Waals surface area contributed by atoms with Crippen LogP contribution in [0.25, 0.3) is 6.08 Å². The van der Waals surface area contributed by atoms with E-state index in [1.165, 1.54) is 25.4 Å². The molecule has 1 aromatic carbocycles. The number of allylic oxidation sites excluding steroid dienone is 1. The summed E-state index contributed by atoms with van der Waals surface area (Å²) in [5.74, 6) is -0.168. The number of hydrogen-bond donors (Lipinski definition) is 1. The Morgan fingerprint density at radius 3 is 2.65 bits per heavy atom. The fourth-order valence-electron chi connectivity index (χ4n) is 1.56. The standard InChI is InChI=1S/C15H12BrNO3/c1-20-12-8-14(19)15(17-9-12)13(18)7-4-10-2-5-11(16)6-3-10/h2-9,19H,1H3. The zero-order chi connectivity index (χ0) is 14.5. The quantitative estimate of drug-likeness (QED) is 0.687. The van der Waals surface area contributed by atoms with Crippen LogP contribution in [0, 0.1) is 0 Å². The van der Waals surface area contributed by atoms with Gasteiger partial charge in [0.05, 0.1) is 13.3 Å². The van der Waals surface area contributed by atoms with E-state index in [0.717, 1.165) is 10.0 Å². The van der Waals surface area contributed by atoms with Gasteiger partial charge in [-0.2, -0.15) is 0 Å². The smallest absolute Gasteiger partial charge is 0.207 e. The van der Waals surface area contributed by atoms with Crippen LogP contribution in [0.4, 0.5) is 0 Å². The third kappa shape index (κ3) is 3.45. The second-order valence-electron chi connectivity index (χ2n) is 3.99. The largest absolute Gasteiger partial charge is 0.505 e. The van der Waals surface area contributed by atoms with Crippen molar-refractivity contribution in [2.75, 3.05) is 7.11 Å². The van der Waals surface area contributed by atoms with E-state index in [0.29, 0.717) is 5.75 Å². The molecule has 0 amide bonds. The Morgan fingerprint density at radius 2 is 2.05 bits per heavy atom. The second kappa shape index (κ2) is 6.34. The summed E-state index contributed by atoms with van der Waals surface area (Å²) < 4.78 is 5.88. The maximum Gasteiger partial charge on any atom is 0.207 e. The van der Waals surface area contributed by atoms with Gasteiger partial charge in [-0.25, -0.2) is 4.98 Å². The van der Waals surface area contributed by atoms with Crippen molar-refractivity contribution in [1.82, 2.24) is 4.98 Å². The van der Waals surface area contributed by atoms with Crippen molar-refractivity contribution in [3.63, 3.8) is 0 Å². The van der Waals surface area contributed by atoms with Gasteiger partial charge in [0, 0.05) is 10.5 Å². The molecule has 1 N–H and O–H groups in total. The van der Waals surface area contributed by atoms with Gasteiger partial charge >= 0.3 is 0 Å². The van der Waals surface area contributed by atoms with Crippen LogP contribution < -0.4 is 4.74 Å². The number of ether oxygens (including phenoxy) is 1. The van der Waals surface area contributed by atoms with E-state index in [1.807, 2.05) is 24.3 Å². The minimum atomic E-state index is -0.368. The summed E-state index contributed by atoms with van der Waals surface area (Å²) in [6.07, 6.45) is 4.43. The number of hydrogen-bond acceptors (Lipinski definition) is 4. The molecule has 4 nitrogen and oxygen atoms in total. The van der Waals surface area contributed by atoms with Gasteiger partial charge in [0.25, 0.3) is 0 Å². The summed E-state index contributed by atoms with van der Waals surface area (Å²) in [6, 6.07) is 8.86. The summed E-state index contributed by atoms with van der Waals surface area (Å²) >= 11 is 3.34. The molecule has 5 heteroatoms. The van der Waals surface area contributed by atoms with Crippen molar-refractivity contribution in [3.8, 4) is 11.5 Å². The molecule has 2 rings (SSSR count). The number of nitrogens with zero attached hydrogens (tertiary/aromatic N) is 1. The highest BCUT2D eigenvalue weighted by molar-refractivity contribution is 9.10. The molecular formula is C15H12BrNO3. The molecule has 0 radical (unpaired) electrons. The normalized spacial score (nSPS) is 10.7. The third-order valence-corrected chi connectivity index (χ3v) is 3.14. The minimum absolute atomic E-state index is 0.000776. The zero-order valence-electron chi connectivity index (χ0n) is 10.7. The number of rotatable bonds is 4. The Labute approximate surface area is 124 Å². The highest BCUT2D eigenvalue weighted by atomic mass is 79.9. The SMILES string of the molecule is COc1cnc(C(=O)C=Cc2ccc(Br)cc2)c(O)c1. The van der Waals surface area contributed by atoms with E-state index >= 15 is 0 Å². The predicted molar refractivity (Wildman–Crippen MR) is 80.0 cm³/mol. The molecule has 2 aromatic rings. The maximum atomic E-state index is 11.9. The molecule has 0 saturated heterocycles. The maximum absolute atomic E-state index is 11.9. The Bertz CT molecular complexity index is 651. The van der Waals surface area contributed by atoms with Crippen LogP contribution in [0.1, 0.15) is 16.1 Å². The van der Waals surface area contributed by atoms with Crippen molar-refractivity contribution in [2.24, 2.45) is 0 Å². The number of benzene rings is 1. The number of methoxy groups -OCH3 is 1. The van der Waals surface area contributed by atoms with E-state index < -0.39 is 0 Å². The first-order valence-electron chi connectivity index (χ1n) is 5.81. The van der Waals surface area contributed by atoms with E-state index in [4.69, 9.17) is 4.74 Å². The number of carbonyl (C=O) groups is 1. The highest BCUT2D eigenvalue weighted by Gasteiger charge is 2.11. The molecule has 0 aliphatic carbocycles. The lowest BCUT2D eigenvalue weighted by Gasteiger charge is -2.02. The average Bonchev–Trinajstić information content (AvgIpc) is 2.46. The van der Waals surface area contributed by atoms with Crippen molar-refractivity contribution in [1.29, 1.82) is 0 Å². The van der Waals surface area contributed by atoms with Crippen molar-refractivity contribution >= 4 is 27.8 Å². The van der Waals surface area contributed by atoms with Crippen LogP contribution in [-0.2, 0) is 0 Å². The predicted octanol–water partition coefficient (Wildman–Crippen LogP) is 3.45. The monoisotopic (exact) mass is 333 g/mol. The van der Waals surface area contributed by atoms with Gasteiger partial charge in [-0.15, -0.1) is 0 Å². The fourth-order valence-corrected chi connectivity index (χ4v) is 1.83. The fraction of sp³-hybridized carbons (Fsp3) is 0.0667. The Kier molecular flexibility index (Phi) is 4.53. The van der Waals surface area contributed by atoms with Gasteiger partial charge < -0.3 is 9.84 Å². The van der Waals surface area contributed by atoms with E-state index in [-0.39, 0.29) is 17.2 Å². The molecule has 0 unspecified atom stereocenters. The highest BCUT2D eigenvalue weighted by Crippen LogP contribution is 2.21. The van der Waals surface area contributed by atoms with Crippen molar-refractivity contribution in [2.45, 2.75) is 0 Å². The minimum Gasteiger partial charge on any atom is -0.505 e. The zero-order valence-corrected chi connectivity index (χ0v) is 12.3. The van der Waals surface area contributed by atoms with E-state index in [2.05, 4.69) is 20.9 Å². The number of pyridine rings is 1. The summed E-state index contributed by atoms with van der Waals surface area (Å²) in [7, 11) is 1.46. The molecule has 1 heterocycles. The molecule has 0 bridgehead atoms. The molecule has 102 valence electrons. The van der Waals surface area contributed by atoms with Gasteiger partial charge in [-0.1, -0.05) is 34.1 Å². The molecule has 0 spiro atoms. The van der Waals surface area contributed by atoms with Gasteiger partial charge in [0.2, 0.25) is 5.78 Å². The molecule has 0 aliphatic rings. The Balaban J connectivity index is 2.17. The van der Waals surface area contributed by atoms with Crippen LogP contribution >= 0.6 is 15.9 Å². The third-order valence-electron chi connectivity index (χ3n) is 2.61. The second-order valence-corrected chi connectivity index (χ2v) is 4.91. The van der Waals surface area contributed by atoms with Crippen LogP contribution in [0.3, 0.4) is 0 Å². The summed E-state index contributed by atoms with van der Waals surface area (Å²) in [5.41, 5.74) is 0.883. The molecular weight excluding hydrogens is 322 g/mol. The summed E-state index contributed by atoms with van der Waals surface area (Å²) in [6.45, 7) is 0. The molecule has 1 aromatic heterocycles. The Morgan fingerprint density at radius 1 is 1.35 bits per heavy atom. The summed E-state index contributed by atoms with van der Waals surface area (Å²) in [4.78, 5) is 15.8. The number of aromatic hydroxyl groups is 1. The summed E-state index contributed by atoms with van der Waals surface area (Å²) in [5, 5.41) is 9.72. The van der Waals surface area contributed by atoms with Crippen LogP contribution in [0.2, 0.25) is 0 Å². The molecule has 0 atom stereocenters. The first-order valence-corrected chi connectivity index (χ1v) is 6.60. The van der Waals surface area contributed by atoms with E-state index in [9.17, 15) is 9.90 Å². The Hall–Kier alpha value is -2.14. The van der Waals surface area contributed by atoms with Gasteiger partial charge in [0.1, 0.15) is 11.5 Å². The van der Waals surface area contributed by atoms with Gasteiger partial charge in [0.15, 0.2) is 5.69 Å². The van der Waals surface area contributed by atoms with E-state index in [1.54, 1.807) is 6.08 Å². The lowest BCUT2D eigenvalue weighted by molar-refractivity contribution is 0.104. The molecule has 0 aliphatic heterocycles.